The molecule has 0 bridgehead atoms. The van der Waals surface area contributed by atoms with Gasteiger partial charge in [-0.3, -0.25) is 0 Å². The number of hydrogen-bond donors (Lipinski definition) is 0. The van der Waals surface area contributed by atoms with Gasteiger partial charge in [-0.2, -0.15) is 0 Å². The van der Waals surface area contributed by atoms with E-state index in [0.29, 0.717) is 0 Å². The van der Waals surface area contributed by atoms with Crippen LogP contribution in [0.3, 0.4) is 0 Å². The average Bonchev–Trinajstić information content (AvgIpc) is 0.918. The molecule has 0 fully saturated rings. The average molecular weight is 260 g/mol. The fourth-order valence-corrected chi connectivity index (χ4v) is 0. The molecular formula is NbOSSn. The molecule has 4 heteroatoms. The molecule has 0 aliphatic rings. The van der Waals surface area contributed by atoms with Crippen LogP contribution < -0.4 is 0 Å². The molecular weight excluding hydrogens is 260 g/mol. The summed E-state index contributed by atoms with van der Waals surface area (Å²) >= 11 is -1.44. The van der Waals surface area contributed by atoms with Gasteiger partial charge >= 0.3 is 31.6 Å². The molecule has 4 heavy (non-hydrogen) atoms. The molecule has 0 amide bonds. The molecule has 0 aromatic heterocycles. The Morgan fingerprint density at radius 2 is 1.75 bits per heavy atom. The summed E-state index contributed by atoms with van der Waals surface area (Å²) < 4.78 is 8.92. The number of rotatable bonds is 0. The SMILES string of the molecule is [Nb].[O]=[Sn]=[S]. The van der Waals surface area contributed by atoms with Gasteiger partial charge < -0.3 is 0 Å². The van der Waals surface area contributed by atoms with Crippen LogP contribution in [-0.4, -0.2) is 19.2 Å². The summed E-state index contributed by atoms with van der Waals surface area (Å²) in [4.78, 5) is 0. The van der Waals surface area contributed by atoms with Crippen molar-refractivity contribution in [3.8, 4) is 0 Å². The zero-order valence-corrected chi connectivity index (χ0v) is 7.63. The van der Waals surface area contributed by atoms with Crippen molar-refractivity contribution in [1.82, 2.24) is 0 Å². The third kappa shape index (κ3) is 9.59. The topological polar surface area (TPSA) is 17.1 Å². The Bertz CT molecular complexity index is 29.0. The van der Waals surface area contributed by atoms with E-state index in [9.17, 15) is 0 Å². The van der Waals surface area contributed by atoms with Gasteiger partial charge in [0.25, 0.3) is 0 Å². The van der Waals surface area contributed by atoms with Crippen LogP contribution in [0.5, 0.6) is 0 Å². The van der Waals surface area contributed by atoms with E-state index in [1.54, 1.807) is 0 Å². The Labute approximate surface area is 53.4 Å². The zero-order chi connectivity index (χ0) is 2.71. The minimum absolute atomic E-state index is 0. The van der Waals surface area contributed by atoms with Gasteiger partial charge in [-0.05, 0) is 0 Å². The van der Waals surface area contributed by atoms with Gasteiger partial charge in [-0.25, -0.2) is 0 Å². The minimum atomic E-state index is -1.44. The van der Waals surface area contributed by atoms with Crippen molar-refractivity contribution in [1.29, 1.82) is 0 Å². The van der Waals surface area contributed by atoms with Crippen molar-refractivity contribution in [3.63, 3.8) is 0 Å². The van der Waals surface area contributed by atoms with Crippen LogP contribution >= 0.6 is 9.29 Å². The van der Waals surface area contributed by atoms with Gasteiger partial charge in [0.15, 0.2) is 0 Å². The van der Waals surface area contributed by atoms with Crippen molar-refractivity contribution in [2.24, 2.45) is 0 Å². The van der Waals surface area contributed by atoms with Crippen molar-refractivity contribution >= 4 is 28.5 Å². The van der Waals surface area contributed by atoms with Crippen LogP contribution in [-0.2, 0) is 25.5 Å². The molecule has 0 rings (SSSR count). The summed E-state index contributed by atoms with van der Waals surface area (Å²) in [7, 11) is 4.01. The summed E-state index contributed by atoms with van der Waals surface area (Å²) in [6.07, 6.45) is 0. The summed E-state index contributed by atoms with van der Waals surface area (Å²) in [5.41, 5.74) is 0. The van der Waals surface area contributed by atoms with Crippen LogP contribution in [0.2, 0.25) is 0 Å². The molecule has 0 saturated heterocycles. The Kier molecular flexibility index (Phi) is 20.1. The molecule has 0 spiro atoms. The molecule has 0 aliphatic carbocycles. The predicted molar refractivity (Wildman–Crippen MR) is 14.0 cm³/mol. The standard InChI is InChI=1S/Nb.O.S.Sn. The van der Waals surface area contributed by atoms with Crippen molar-refractivity contribution in [3.05, 3.63) is 0 Å². The molecule has 0 N–H and O–H groups in total. The second-order valence-corrected chi connectivity index (χ2v) is 1.68. The maximum absolute atomic E-state index is 8.92. The normalized spacial score (nSPS) is 2.00. The van der Waals surface area contributed by atoms with E-state index in [1.807, 2.05) is 0 Å². The fraction of sp³-hybridized carbons (Fsp3) is 0. The van der Waals surface area contributed by atoms with E-state index in [0.717, 1.165) is 0 Å². The van der Waals surface area contributed by atoms with Gasteiger partial charge in [0, 0.05) is 22.4 Å². The van der Waals surface area contributed by atoms with Crippen molar-refractivity contribution in [2.75, 3.05) is 0 Å². The molecule has 0 aliphatic heterocycles. The maximum atomic E-state index is 8.92. The van der Waals surface area contributed by atoms with Crippen LogP contribution in [0, 0.1) is 0 Å². The first-order valence-corrected chi connectivity index (χ1v) is 5.48. The molecule has 0 unspecified atom stereocenters. The quantitative estimate of drug-likeness (QED) is 0.576. The van der Waals surface area contributed by atoms with Gasteiger partial charge in [-0.15, -0.1) is 0 Å². The Morgan fingerprint density at radius 3 is 1.75 bits per heavy atom. The van der Waals surface area contributed by atoms with Crippen LogP contribution in [0.1, 0.15) is 0 Å². The molecule has 0 aromatic carbocycles. The Balaban J connectivity index is 0. The van der Waals surface area contributed by atoms with Crippen molar-refractivity contribution in [2.45, 2.75) is 0 Å². The molecule has 21 valence electrons. The number of hydrogen-bond acceptors (Lipinski definition) is 2. The predicted octanol–water partition coefficient (Wildman–Crippen LogP) is 0.146. The third-order valence-corrected chi connectivity index (χ3v) is 0. The summed E-state index contributed by atoms with van der Waals surface area (Å²) in [6.45, 7) is 0. The first-order valence-electron chi connectivity index (χ1n) is 0.408. The molecule has 0 aromatic rings. The molecule has 0 saturated carbocycles. The molecule has 0 atom stereocenters. The van der Waals surface area contributed by atoms with E-state index < -0.39 is 19.2 Å². The van der Waals surface area contributed by atoms with Crippen LogP contribution in [0.4, 0.5) is 0 Å². The summed E-state index contributed by atoms with van der Waals surface area (Å²) in [5, 5.41) is 0. The van der Waals surface area contributed by atoms with E-state index in [4.69, 9.17) is 3.08 Å². The first-order chi connectivity index (χ1) is 1.41. The second kappa shape index (κ2) is 8.82. The van der Waals surface area contributed by atoms with Gasteiger partial charge in [-0.1, -0.05) is 0 Å². The first kappa shape index (κ1) is 9.12. The molecule has 0 heterocycles. The molecule has 1 radical (unpaired) electrons. The fourth-order valence-electron chi connectivity index (χ4n) is 0. The van der Waals surface area contributed by atoms with E-state index in [2.05, 4.69) is 9.29 Å². The van der Waals surface area contributed by atoms with Gasteiger partial charge in [0.1, 0.15) is 0 Å². The summed E-state index contributed by atoms with van der Waals surface area (Å²) in [5.74, 6) is 0. The Hall–Kier alpha value is 1.56. The van der Waals surface area contributed by atoms with Crippen molar-refractivity contribution < 1.29 is 25.5 Å². The zero-order valence-electron chi connectivity index (χ0n) is 1.76. The monoisotopic (exact) mass is 261 g/mol. The van der Waals surface area contributed by atoms with Gasteiger partial charge in [0.2, 0.25) is 0 Å². The van der Waals surface area contributed by atoms with Gasteiger partial charge in [0.05, 0.1) is 0 Å². The third-order valence-electron chi connectivity index (χ3n) is 0. The Morgan fingerprint density at radius 1 is 1.75 bits per heavy atom. The van der Waals surface area contributed by atoms with E-state index >= 15 is 0 Å². The van der Waals surface area contributed by atoms with E-state index in [-0.39, 0.29) is 22.4 Å². The van der Waals surface area contributed by atoms with E-state index in [1.165, 1.54) is 0 Å². The molecule has 1 nitrogen and oxygen atoms in total. The second-order valence-electron chi connectivity index (χ2n) is 0.0833. The van der Waals surface area contributed by atoms with Crippen LogP contribution in [0.15, 0.2) is 0 Å². The summed E-state index contributed by atoms with van der Waals surface area (Å²) in [6, 6.07) is 0. The van der Waals surface area contributed by atoms with Crippen LogP contribution in [0.25, 0.3) is 0 Å².